The minimum atomic E-state index is -0.851. The highest BCUT2D eigenvalue weighted by Gasteiger charge is 2.07. The second kappa shape index (κ2) is 3.26. The van der Waals surface area contributed by atoms with E-state index in [1.807, 2.05) is 18.2 Å². The minimum absolute atomic E-state index is 0.400. The predicted molar refractivity (Wildman–Crippen MR) is 61.5 cm³/mol. The lowest BCUT2D eigenvalue weighted by atomic mass is 10.2. The normalized spacial score (nSPS) is 10.5. The Labute approximate surface area is 92.3 Å². The summed E-state index contributed by atoms with van der Waals surface area (Å²) in [5.74, 6) is -0.851. The fourth-order valence-corrected chi connectivity index (χ4v) is 2.75. The SMILES string of the molecule is O=C(O)c1cc2ccc(I)cc2s1. The van der Waals surface area contributed by atoms with Crippen molar-refractivity contribution in [3.05, 3.63) is 32.7 Å². The molecule has 0 atom stereocenters. The van der Waals surface area contributed by atoms with Crippen LogP contribution in [0.25, 0.3) is 10.1 Å². The second-order valence-corrected chi connectivity index (χ2v) is 4.93. The monoisotopic (exact) mass is 304 g/mol. The number of hydrogen-bond donors (Lipinski definition) is 1. The number of carbonyl (C=O) groups is 1. The van der Waals surface area contributed by atoms with E-state index in [4.69, 9.17) is 5.11 Å². The van der Waals surface area contributed by atoms with E-state index in [-0.39, 0.29) is 0 Å². The van der Waals surface area contributed by atoms with E-state index >= 15 is 0 Å². The Morgan fingerprint density at radius 2 is 2.15 bits per heavy atom. The lowest BCUT2D eigenvalue weighted by molar-refractivity contribution is 0.0702. The van der Waals surface area contributed by atoms with Crippen molar-refractivity contribution in [2.24, 2.45) is 0 Å². The van der Waals surface area contributed by atoms with Crippen molar-refractivity contribution >= 4 is 50.0 Å². The summed E-state index contributed by atoms with van der Waals surface area (Å²) >= 11 is 3.53. The molecule has 0 fully saturated rings. The van der Waals surface area contributed by atoms with Crippen LogP contribution in [-0.4, -0.2) is 11.1 Å². The molecule has 2 rings (SSSR count). The van der Waals surface area contributed by atoms with Gasteiger partial charge in [-0.2, -0.15) is 0 Å². The summed E-state index contributed by atoms with van der Waals surface area (Å²) in [7, 11) is 0. The van der Waals surface area contributed by atoms with Crippen LogP contribution < -0.4 is 0 Å². The third-order valence-electron chi connectivity index (χ3n) is 1.69. The van der Waals surface area contributed by atoms with Crippen LogP contribution in [0.5, 0.6) is 0 Å². The predicted octanol–water partition coefficient (Wildman–Crippen LogP) is 3.20. The molecule has 0 bridgehead atoms. The minimum Gasteiger partial charge on any atom is -0.477 e. The van der Waals surface area contributed by atoms with Gasteiger partial charge in [0, 0.05) is 8.27 Å². The van der Waals surface area contributed by atoms with Crippen LogP contribution in [0.3, 0.4) is 0 Å². The molecule has 0 radical (unpaired) electrons. The first-order valence-electron chi connectivity index (χ1n) is 3.59. The number of benzene rings is 1. The topological polar surface area (TPSA) is 37.3 Å². The average Bonchev–Trinajstić information content (AvgIpc) is 2.46. The van der Waals surface area contributed by atoms with Gasteiger partial charge in [0.25, 0.3) is 0 Å². The van der Waals surface area contributed by atoms with Gasteiger partial charge >= 0.3 is 5.97 Å². The average molecular weight is 304 g/mol. The number of carboxylic acid groups (broad SMARTS) is 1. The van der Waals surface area contributed by atoms with Gasteiger partial charge in [-0.05, 0) is 46.2 Å². The summed E-state index contributed by atoms with van der Waals surface area (Å²) in [5, 5.41) is 9.77. The van der Waals surface area contributed by atoms with Crippen LogP contribution >= 0.6 is 33.9 Å². The van der Waals surface area contributed by atoms with Crippen LogP contribution in [0, 0.1) is 3.57 Å². The lowest BCUT2D eigenvalue weighted by Gasteiger charge is -1.88. The highest BCUT2D eigenvalue weighted by molar-refractivity contribution is 14.1. The molecule has 0 unspecified atom stereocenters. The van der Waals surface area contributed by atoms with Crippen LogP contribution in [0.15, 0.2) is 24.3 Å². The Bertz CT molecular complexity index is 475. The van der Waals surface area contributed by atoms with E-state index in [1.54, 1.807) is 6.07 Å². The van der Waals surface area contributed by atoms with Crippen LogP contribution in [0.1, 0.15) is 9.67 Å². The van der Waals surface area contributed by atoms with Gasteiger partial charge in [-0.1, -0.05) is 6.07 Å². The van der Waals surface area contributed by atoms with Gasteiger partial charge in [-0.15, -0.1) is 11.3 Å². The molecule has 1 heterocycles. The molecule has 0 aliphatic carbocycles. The van der Waals surface area contributed by atoms with Crippen molar-refractivity contribution in [1.29, 1.82) is 0 Å². The molecular weight excluding hydrogens is 299 g/mol. The van der Waals surface area contributed by atoms with Crippen molar-refractivity contribution < 1.29 is 9.90 Å². The first kappa shape index (κ1) is 8.96. The molecule has 0 spiro atoms. The van der Waals surface area contributed by atoms with E-state index in [0.29, 0.717) is 4.88 Å². The van der Waals surface area contributed by atoms with Crippen molar-refractivity contribution in [2.45, 2.75) is 0 Å². The number of fused-ring (bicyclic) bond motifs is 1. The van der Waals surface area contributed by atoms with Crippen LogP contribution in [0.4, 0.5) is 0 Å². The van der Waals surface area contributed by atoms with Gasteiger partial charge in [0.2, 0.25) is 0 Å². The van der Waals surface area contributed by atoms with Crippen LogP contribution in [0.2, 0.25) is 0 Å². The largest absolute Gasteiger partial charge is 0.477 e. The van der Waals surface area contributed by atoms with Crippen molar-refractivity contribution in [3.8, 4) is 0 Å². The molecule has 0 amide bonds. The quantitative estimate of drug-likeness (QED) is 0.822. The smallest absolute Gasteiger partial charge is 0.345 e. The molecule has 1 aromatic heterocycles. The number of rotatable bonds is 1. The maximum absolute atomic E-state index is 10.7. The Balaban J connectivity index is 2.68. The number of hydrogen-bond acceptors (Lipinski definition) is 2. The van der Waals surface area contributed by atoms with E-state index < -0.39 is 5.97 Å². The molecule has 1 aromatic carbocycles. The van der Waals surface area contributed by atoms with Gasteiger partial charge in [-0.25, -0.2) is 4.79 Å². The van der Waals surface area contributed by atoms with E-state index in [0.717, 1.165) is 13.7 Å². The van der Waals surface area contributed by atoms with Gasteiger partial charge in [0.1, 0.15) is 4.88 Å². The fraction of sp³-hybridized carbons (Fsp3) is 0. The molecule has 66 valence electrons. The second-order valence-electron chi connectivity index (χ2n) is 2.60. The zero-order valence-electron chi connectivity index (χ0n) is 6.45. The third-order valence-corrected chi connectivity index (χ3v) is 3.45. The standard InChI is InChI=1S/C9H5IO2S/c10-6-2-1-5-3-8(9(11)12)13-7(5)4-6/h1-4H,(H,11,12). The summed E-state index contributed by atoms with van der Waals surface area (Å²) in [6.07, 6.45) is 0. The zero-order valence-corrected chi connectivity index (χ0v) is 9.43. The molecule has 0 saturated heterocycles. The highest BCUT2D eigenvalue weighted by atomic mass is 127. The molecule has 0 aliphatic rings. The summed E-state index contributed by atoms with van der Waals surface area (Å²) in [6, 6.07) is 7.62. The van der Waals surface area contributed by atoms with Gasteiger partial charge in [-0.3, -0.25) is 0 Å². The molecular formula is C9H5IO2S. The Morgan fingerprint density at radius 1 is 1.38 bits per heavy atom. The molecule has 2 aromatic rings. The zero-order chi connectivity index (χ0) is 9.42. The Morgan fingerprint density at radius 3 is 2.85 bits per heavy atom. The molecule has 0 aliphatic heterocycles. The first-order chi connectivity index (χ1) is 6.16. The maximum Gasteiger partial charge on any atom is 0.345 e. The van der Waals surface area contributed by atoms with E-state index in [1.165, 1.54) is 11.3 Å². The van der Waals surface area contributed by atoms with Crippen molar-refractivity contribution in [1.82, 2.24) is 0 Å². The molecule has 13 heavy (non-hydrogen) atoms. The van der Waals surface area contributed by atoms with Gasteiger partial charge < -0.3 is 5.11 Å². The molecule has 1 N–H and O–H groups in total. The Kier molecular flexibility index (Phi) is 2.25. The molecule has 2 nitrogen and oxygen atoms in total. The van der Waals surface area contributed by atoms with Crippen LogP contribution in [-0.2, 0) is 0 Å². The van der Waals surface area contributed by atoms with E-state index in [2.05, 4.69) is 22.6 Å². The first-order valence-corrected chi connectivity index (χ1v) is 5.49. The van der Waals surface area contributed by atoms with Gasteiger partial charge in [0.05, 0.1) is 0 Å². The number of halogens is 1. The summed E-state index contributed by atoms with van der Waals surface area (Å²) < 4.78 is 2.16. The fourth-order valence-electron chi connectivity index (χ4n) is 1.11. The Hall–Kier alpha value is -0.620. The third kappa shape index (κ3) is 1.68. The summed E-state index contributed by atoms with van der Waals surface area (Å²) in [5.41, 5.74) is 0. The maximum atomic E-state index is 10.7. The number of aromatic carboxylic acids is 1. The molecule has 0 saturated carbocycles. The summed E-state index contributed by atoms with van der Waals surface area (Å²) in [6.45, 7) is 0. The van der Waals surface area contributed by atoms with Crippen molar-refractivity contribution in [3.63, 3.8) is 0 Å². The highest BCUT2D eigenvalue weighted by Crippen LogP contribution is 2.26. The summed E-state index contributed by atoms with van der Waals surface area (Å²) in [4.78, 5) is 11.1. The lowest BCUT2D eigenvalue weighted by Crippen LogP contribution is -1.89. The van der Waals surface area contributed by atoms with E-state index in [9.17, 15) is 4.79 Å². The molecule has 4 heteroatoms. The van der Waals surface area contributed by atoms with Gasteiger partial charge in [0.15, 0.2) is 0 Å². The van der Waals surface area contributed by atoms with Crippen molar-refractivity contribution in [2.75, 3.05) is 0 Å². The number of thiophene rings is 1. The number of carboxylic acids is 1.